The molecule has 1 aliphatic rings. The van der Waals surface area contributed by atoms with Crippen LogP contribution in [0.15, 0.2) is 12.1 Å². The molecule has 0 radical (unpaired) electrons. The van der Waals surface area contributed by atoms with Gasteiger partial charge in [-0.25, -0.2) is 4.98 Å². The van der Waals surface area contributed by atoms with Crippen molar-refractivity contribution in [1.29, 1.82) is 5.26 Å². The van der Waals surface area contributed by atoms with E-state index < -0.39 is 11.9 Å². The molecule has 0 spiro atoms. The van der Waals surface area contributed by atoms with E-state index in [1.54, 1.807) is 11.9 Å². The van der Waals surface area contributed by atoms with E-state index in [4.69, 9.17) is 5.26 Å². The molecule has 0 unspecified atom stereocenters. The normalized spacial score (nSPS) is 16.5. The van der Waals surface area contributed by atoms with Crippen LogP contribution in [0.4, 0.5) is 19.0 Å². The molecule has 1 fully saturated rings. The van der Waals surface area contributed by atoms with Crippen LogP contribution in [0, 0.1) is 17.2 Å². The molecule has 1 saturated carbocycles. The Hall–Kier alpha value is -1.77. The number of halogens is 3. The highest BCUT2D eigenvalue weighted by Gasteiger charge is 2.33. The van der Waals surface area contributed by atoms with Crippen LogP contribution < -0.4 is 4.90 Å². The quantitative estimate of drug-likeness (QED) is 0.847. The molecule has 114 valence electrons. The molecule has 1 aliphatic carbocycles. The van der Waals surface area contributed by atoms with E-state index in [1.165, 1.54) is 25.3 Å². The minimum atomic E-state index is -4.49. The summed E-state index contributed by atoms with van der Waals surface area (Å²) in [4.78, 5) is 5.34. The molecule has 0 atom stereocenters. The number of rotatable bonds is 3. The van der Waals surface area contributed by atoms with E-state index in [9.17, 15) is 13.2 Å². The fourth-order valence-electron chi connectivity index (χ4n) is 2.83. The number of anilines is 1. The Balaban J connectivity index is 2.21. The van der Waals surface area contributed by atoms with Crippen LogP contribution in [0.25, 0.3) is 0 Å². The van der Waals surface area contributed by atoms with Crippen LogP contribution in [-0.2, 0) is 6.18 Å². The number of hydrogen-bond acceptors (Lipinski definition) is 3. The second-order valence-electron chi connectivity index (χ2n) is 5.56. The third-order valence-corrected chi connectivity index (χ3v) is 3.90. The fraction of sp³-hybridized carbons (Fsp3) is 0.600. The molecule has 1 aromatic heterocycles. The molecule has 0 N–H and O–H groups in total. The van der Waals surface area contributed by atoms with Crippen molar-refractivity contribution in [1.82, 2.24) is 4.98 Å². The van der Waals surface area contributed by atoms with Gasteiger partial charge in [-0.2, -0.15) is 18.4 Å². The molecule has 2 rings (SSSR count). The predicted molar refractivity (Wildman–Crippen MR) is 73.8 cm³/mol. The Kier molecular flexibility index (Phi) is 4.71. The highest BCUT2D eigenvalue weighted by Crippen LogP contribution is 2.31. The van der Waals surface area contributed by atoms with Crippen molar-refractivity contribution in [3.05, 3.63) is 23.4 Å². The summed E-state index contributed by atoms with van der Waals surface area (Å²) < 4.78 is 38.3. The largest absolute Gasteiger partial charge is 0.433 e. The fourth-order valence-corrected chi connectivity index (χ4v) is 2.83. The van der Waals surface area contributed by atoms with Crippen molar-refractivity contribution in [3.63, 3.8) is 0 Å². The molecule has 0 aliphatic heterocycles. The average molecular weight is 297 g/mol. The van der Waals surface area contributed by atoms with Gasteiger partial charge in [0.25, 0.3) is 0 Å². The molecule has 3 nitrogen and oxygen atoms in total. The van der Waals surface area contributed by atoms with Gasteiger partial charge in [-0.15, -0.1) is 0 Å². The lowest BCUT2D eigenvalue weighted by Crippen LogP contribution is -2.28. The first-order valence-electron chi connectivity index (χ1n) is 7.11. The standard InChI is InChI=1S/C15H18F3N3/c1-21(10-11-5-3-2-4-6-11)14-12(9-19)7-8-13(20-14)15(16,17)18/h7-8,11H,2-6,10H2,1H3. The monoisotopic (exact) mass is 297 g/mol. The van der Waals surface area contributed by atoms with Gasteiger partial charge in [0.2, 0.25) is 0 Å². The first kappa shape index (κ1) is 15.6. The third kappa shape index (κ3) is 3.87. The first-order valence-corrected chi connectivity index (χ1v) is 7.11. The van der Waals surface area contributed by atoms with Crippen LogP contribution in [-0.4, -0.2) is 18.6 Å². The predicted octanol–water partition coefficient (Wildman–Crippen LogP) is 3.99. The van der Waals surface area contributed by atoms with Crippen molar-refractivity contribution in [2.75, 3.05) is 18.5 Å². The molecule has 0 bridgehead atoms. The van der Waals surface area contributed by atoms with Crippen molar-refractivity contribution < 1.29 is 13.2 Å². The second-order valence-corrected chi connectivity index (χ2v) is 5.56. The smallest absolute Gasteiger partial charge is 0.358 e. The Morgan fingerprint density at radius 3 is 2.52 bits per heavy atom. The van der Waals surface area contributed by atoms with Gasteiger partial charge in [-0.3, -0.25) is 0 Å². The maximum Gasteiger partial charge on any atom is 0.433 e. The lowest BCUT2D eigenvalue weighted by molar-refractivity contribution is -0.141. The summed E-state index contributed by atoms with van der Waals surface area (Å²) in [7, 11) is 1.71. The second kappa shape index (κ2) is 6.33. The molecule has 0 amide bonds. The number of nitrogens with zero attached hydrogens (tertiary/aromatic N) is 3. The van der Waals surface area contributed by atoms with Gasteiger partial charge in [0.1, 0.15) is 17.6 Å². The molecule has 6 heteroatoms. The summed E-state index contributed by atoms with van der Waals surface area (Å²) in [6, 6.07) is 3.98. The Morgan fingerprint density at radius 2 is 1.95 bits per heavy atom. The van der Waals surface area contributed by atoms with E-state index in [0.29, 0.717) is 12.5 Å². The summed E-state index contributed by atoms with van der Waals surface area (Å²) in [5, 5.41) is 9.07. The SMILES string of the molecule is CN(CC1CCCCC1)c1nc(C(F)(F)F)ccc1C#N. The van der Waals surface area contributed by atoms with Crippen LogP contribution >= 0.6 is 0 Å². The van der Waals surface area contributed by atoms with Gasteiger partial charge in [-0.1, -0.05) is 19.3 Å². The molecule has 0 saturated heterocycles. The van der Waals surface area contributed by atoms with E-state index in [0.717, 1.165) is 18.9 Å². The summed E-state index contributed by atoms with van der Waals surface area (Å²) in [5.74, 6) is 0.588. The zero-order valence-corrected chi connectivity index (χ0v) is 12.0. The molecular formula is C15H18F3N3. The number of aromatic nitrogens is 1. The highest BCUT2D eigenvalue weighted by molar-refractivity contribution is 5.54. The summed E-state index contributed by atoms with van der Waals surface area (Å²) in [6.45, 7) is 0.642. The van der Waals surface area contributed by atoms with Gasteiger partial charge in [0.05, 0.1) is 5.56 Å². The van der Waals surface area contributed by atoms with Crippen molar-refractivity contribution in [3.8, 4) is 6.07 Å². The maximum absolute atomic E-state index is 12.8. The van der Waals surface area contributed by atoms with Crippen molar-refractivity contribution >= 4 is 5.82 Å². The molecule has 0 aromatic carbocycles. The zero-order valence-electron chi connectivity index (χ0n) is 12.0. The Bertz CT molecular complexity index is 528. The Labute approximate surface area is 122 Å². The highest BCUT2D eigenvalue weighted by atomic mass is 19.4. The summed E-state index contributed by atoms with van der Waals surface area (Å²) in [6.07, 6.45) is 1.25. The maximum atomic E-state index is 12.8. The van der Waals surface area contributed by atoms with E-state index in [1.807, 2.05) is 6.07 Å². The van der Waals surface area contributed by atoms with Crippen molar-refractivity contribution in [2.24, 2.45) is 5.92 Å². The van der Waals surface area contributed by atoms with E-state index >= 15 is 0 Å². The number of alkyl halides is 3. The average Bonchev–Trinajstić information content (AvgIpc) is 2.46. The van der Waals surface area contributed by atoms with Crippen molar-refractivity contribution in [2.45, 2.75) is 38.3 Å². The van der Waals surface area contributed by atoms with Gasteiger partial charge in [-0.05, 0) is 30.9 Å². The third-order valence-electron chi connectivity index (χ3n) is 3.90. The summed E-state index contributed by atoms with van der Waals surface area (Å²) >= 11 is 0. The van der Waals surface area contributed by atoms with Gasteiger partial charge in [0.15, 0.2) is 0 Å². The van der Waals surface area contributed by atoms with Gasteiger partial charge in [0, 0.05) is 13.6 Å². The van der Waals surface area contributed by atoms with Gasteiger partial charge >= 0.3 is 6.18 Å². The summed E-state index contributed by atoms with van der Waals surface area (Å²) in [5.41, 5.74) is -0.770. The molecule has 1 aromatic rings. The van der Waals surface area contributed by atoms with Crippen LogP contribution in [0.1, 0.15) is 43.4 Å². The van der Waals surface area contributed by atoms with Crippen LogP contribution in [0.3, 0.4) is 0 Å². The van der Waals surface area contributed by atoms with Crippen LogP contribution in [0.5, 0.6) is 0 Å². The minimum Gasteiger partial charge on any atom is -0.358 e. The molecule has 21 heavy (non-hydrogen) atoms. The lowest BCUT2D eigenvalue weighted by Gasteiger charge is -2.28. The number of hydrogen-bond donors (Lipinski definition) is 0. The lowest BCUT2D eigenvalue weighted by atomic mass is 9.89. The molecule has 1 heterocycles. The topological polar surface area (TPSA) is 39.9 Å². The number of nitriles is 1. The number of pyridine rings is 1. The molecular weight excluding hydrogens is 279 g/mol. The van der Waals surface area contributed by atoms with Crippen LogP contribution in [0.2, 0.25) is 0 Å². The van der Waals surface area contributed by atoms with Gasteiger partial charge < -0.3 is 4.90 Å². The van der Waals surface area contributed by atoms with E-state index in [-0.39, 0.29) is 11.4 Å². The first-order chi connectivity index (χ1) is 9.91. The Morgan fingerprint density at radius 1 is 1.29 bits per heavy atom. The van der Waals surface area contributed by atoms with E-state index in [2.05, 4.69) is 4.98 Å². The minimum absolute atomic E-state index is 0.123. The zero-order chi connectivity index (χ0) is 15.5.